The molecule has 0 aliphatic carbocycles. The quantitative estimate of drug-likeness (QED) is 0.406. The molecule has 1 aromatic carbocycles. The average Bonchev–Trinajstić information content (AvgIpc) is 3.55. The molecule has 10 heteroatoms. The van der Waals surface area contributed by atoms with Crippen LogP contribution >= 0.6 is 23.1 Å². The van der Waals surface area contributed by atoms with Crippen molar-refractivity contribution in [1.82, 2.24) is 14.8 Å². The Balaban J connectivity index is 1.41. The summed E-state index contributed by atoms with van der Waals surface area (Å²) in [5.74, 6) is 0.403. The van der Waals surface area contributed by atoms with Crippen LogP contribution in [0.15, 0.2) is 46.9 Å². The zero-order chi connectivity index (χ0) is 21.6. The Morgan fingerprint density at radius 1 is 1.29 bits per heavy atom. The van der Waals surface area contributed by atoms with Crippen molar-refractivity contribution >= 4 is 40.7 Å². The number of carbonyl (C=O) groups is 2. The van der Waals surface area contributed by atoms with E-state index in [9.17, 15) is 9.59 Å². The van der Waals surface area contributed by atoms with Crippen LogP contribution in [0.3, 0.4) is 0 Å². The molecule has 0 saturated carbocycles. The summed E-state index contributed by atoms with van der Waals surface area (Å²) in [6, 6.07) is 10.6. The highest BCUT2D eigenvalue weighted by Gasteiger charge is 2.22. The first kappa shape index (κ1) is 21.5. The summed E-state index contributed by atoms with van der Waals surface area (Å²) in [5, 5.41) is 14.2. The minimum absolute atomic E-state index is 0.135. The van der Waals surface area contributed by atoms with Crippen LogP contribution < -0.4 is 5.32 Å². The number of benzene rings is 1. The summed E-state index contributed by atoms with van der Waals surface area (Å²) in [6.07, 6.45) is 2.20. The molecule has 1 aliphatic rings. The fourth-order valence-corrected chi connectivity index (χ4v) is 4.74. The molecular weight excluding hydrogens is 436 g/mol. The molecule has 1 amide bonds. The molecule has 2 aromatic heterocycles. The SMILES string of the molecule is COC(=O)c1ccc(NC(=O)CSc2nnc(-c3cccs3)n2CC2CCCO2)cc1. The monoisotopic (exact) mass is 458 g/mol. The topological polar surface area (TPSA) is 95.3 Å². The van der Waals surface area contributed by atoms with Gasteiger partial charge in [0.05, 0.1) is 36.0 Å². The molecule has 0 bridgehead atoms. The number of nitrogens with zero attached hydrogens (tertiary/aromatic N) is 3. The molecule has 3 heterocycles. The van der Waals surface area contributed by atoms with Crippen molar-refractivity contribution in [3.63, 3.8) is 0 Å². The lowest BCUT2D eigenvalue weighted by atomic mass is 10.2. The smallest absolute Gasteiger partial charge is 0.337 e. The number of esters is 1. The molecule has 3 aromatic rings. The lowest BCUT2D eigenvalue weighted by Gasteiger charge is -2.14. The molecule has 1 aliphatic heterocycles. The summed E-state index contributed by atoms with van der Waals surface area (Å²) in [4.78, 5) is 25.0. The van der Waals surface area contributed by atoms with Gasteiger partial charge in [-0.25, -0.2) is 4.79 Å². The number of nitrogens with one attached hydrogen (secondary N) is 1. The van der Waals surface area contributed by atoms with Gasteiger partial charge < -0.3 is 14.8 Å². The van der Waals surface area contributed by atoms with E-state index in [-0.39, 0.29) is 17.8 Å². The minimum Gasteiger partial charge on any atom is -0.465 e. The van der Waals surface area contributed by atoms with Gasteiger partial charge in [-0.15, -0.1) is 21.5 Å². The maximum Gasteiger partial charge on any atom is 0.337 e. The van der Waals surface area contributed by atoms with E-state index in [1.807, 2.05) is 22.1 Å². The second kappa shape index (κ2) is 10.1. The van der Waals surface area contributed by atoms with Gasteiger partial charge >= 0.3 is 5.97 Å². The summed E-state index contributed by atoms with van der Waals surface area (Å²) in [7, 11) is 1.33. The largest absolute Gasteiger partial charge is 0.465 e. The van der Waals surface area contributed by atoms with Gasteiger partial charge in [-0.2, -0.15) is 0 Å². The first-order valence-corrected chi connectivity index (χ1v) is 11.7. The highest BCUT2D eigenvalue weighted by Crippen LogP contribution is 2.29. The first-order chi connectivity index (χ1) is 15.1. The number of methoxy groups -OCH3 is 1. The predicted molar refractivity (Wildman–Crippen MR) is 119 cm³/mol. The van der Waals surface area contributed by atoms with Crippen molar-refractivity contribution in [1.29, 1.82) is 0 Å². The van der Waals surface area contributed by atoms with Crippen LogP contribution in [0.1, 0.15) is 23.2 Å². The number of hydrogen-bond acceptors (Lipinski definition) is 8. The molecule has 31 heavy (non-hydrogen) atoms. The van der Waals surface area contributed by atoms with Crippen molar-refractivity contribution < 1.29 is 19.1 Å². The van der Waals surface area contributed by atoms with Gasteiger partial charge in [-0.3, -0.25) is 9.36 Å². The van der Waals surface area contributed by atoms with E-state index >= 15 is 0 Å². The molecule has 162 valence electrons. The maximum atomic E-state index is 12.4. The van der Waals surface area contributed by atoms with Crippen molar-refractivity contribution in [2.45, 2.75) is 30.6 Å². The minimum atomic E-state index is -0.416. The summed E-state index contributed by atoms with van der Waals surface area (Å²) in [6.45, 7) is 1.44. The van der Waals surface area contributed by atoms with Crippen LogP contribution in [0.4, 0.5) is 5.69 Å². The number of ether oxygens (including phenoxy) is 2. The third-order valence-corrected chi connectivity index (χ3v) is 6.62. The van der Waals surface area contributed by atoms with Gasteiger partial charge in [0, 0.05) is 12.3 Å². The predicted octanol–water partition coefficient (Wildman–Crippen LogP) is 3.70. The van der Waals surface area contributed by atoms with Crippen LogP contribution in [-0.2, 0) is 20.8 Å². The van der Waals surface area contributed by atoms with E-state index in [0.717, 1.165) is 30.2 Å². The van der Waals surface area contributed by atoms with E-state index in [0.29, 0.717) is 23.0 Å². The third-order valence-electron chi connectivity index (χ3n) is 4.79. The van der Waals surface area contributed by atoms with Crippen molar-refractivity contribution in [3.05, 3.63) is 47.3 Å². The van der Waals surface area contributed by atoms with Gasteiger partial charge in [-0.1, -0.05) is 17.8 Å². The molecule has 1 atom stereocenters. The second-order valence-electron chi connectivity index (χ2n) is 6.93. The average molecular weight is 459 g/mol. The standard InChI is InChI=1S/C21H22N4O4S2/c1-28-20(27)14-6-8-15(9-7-14)22-18(26)13-31-21-24-23-19(17-5-3-11-30-17)25(21)12-16-4-2-10-29-16/h3,5-9,11,16H,2,4,10,12-13H2,1H3,(H,22,26). The van der Waals surface area contributed by atoms with Crippen LogP contribution in [0, 0.1) is 0 Å². The number of rotatable bonds is 8. The molecule has 0 spiro atoms. The van der Waals surface area contributed by atoms with Crippen molar-refractivity contribution in [2.24, 2.45) is 0 Å². The Labute approximate surface area is 188 Å². The van der Waals surface area contributed by atoms with E-state index in [1.165, 1.54) is 18.9 Å². The van der Waals surface area contributed by atoms with Gasteiger partial charge in [0.15, 0.2) is 11.0 Å². The lowest BCUT2D eigenvalue weighted by Crippen LogP contribution is -2.18. The number of amides is 1. The Bertz CT molecular complexity index is 1030. The van der Waals surface area contributed by atoms with Gasteiger partial charge in [-0.05, 0) is 48.6 Å². The Morgan fingerprint density at radius 2 is 2.13 bits per heavy atom. The highest BCUT2D eigenvalue weighted by molar-refractivity contribution is 7.99. The number of thiophene rings is 1. The number of hydrogen-bond donors (Lipinski definition) is 1. The zero-order valence-corrected chi connectivity index (χ0v) is 18.6. The zero-order valence-electron chi connectivity index (χ0n) is 16.9. The molecule has 1 N–H and O–H groups in total. The Morgan fingerprint density at radius 3 is 2.81 bits per heavy atom. The number of anilines is 1. The molecule has 1 unspecified atom stereocenters. The number of thioether (sulfide) groups is 1. The van der Waals surface area contributed by atoms with E-state index in [4.69, 9.17) is 4.74 Å². The summed E-state index contributed by atoms with van der Waals surface area (Å²) >= 11 is 2.95. The second-order valence-corrected chi connectivity index (χ2v) is 8.83. The van der Waals surface area contributed by atoms with Crippen LogP contribution in [-0.4, -0.2) is 52.2 Å². The lowest BCUT2D eigenvalue weighted by molar-refractivity contribution is -0.113. The number of aromatic nitrogens is 3. The fourth-order valence-electron chi connectivity index (χ4n) is 3.27. The third kappa shape index (κ3) is 5.33. The van der Waals surface area contributed by atoms with Crippen molar-refractivity contribution in [2.75, 3.05) is 24.8 Å². The van der Waals surface area contributed by atoms with Crippen LogP contribution in [0.2, 0.25) is 0 Å². The summed E-state index contributed by atoms with van der Waals surface area (Å²) in [5.41, 5.74) is 1.04. The van der Waals surface area contributed by atoms with E-state index in [1.54, 1.807) is 35.6 Å². The Hall–Kier alpha value is -2.69. The van der Waals surface area contributed by atoms with Gasteiger partial charge in [0.1, 0.15) is 0 Å². The highest BCUT2D eigenvalue weighted by atomic mass is 32.2. The van der Waals surface area contributed by atoms with Crippen molar-refractivity contribution in [3.8, 4) is 10.7 Å². The molecular formula is C21H22N4O4S2. The van der Waals surface area contributed by atoms with Crippen LogP contribution in [0.5, 0.6) is 0 Å². The van der Waals surface area contributed by atoms with Crippen LogP contribution in [0.25, 0.3) is 10.7 Å². The molecule has 1 saturated heterocycles. The normalized spacial score (nSPS) is 15.7. The molecule has 4 rings (SSSR count). The van der Waals surface area contributed by atoms with Gasteiger partial charge in [0.2, 0.25) is 5.91 Å². The van der Waals surface area contributed by atoms with Gasteiger partial charge in [0.25, 0.3) is 0 Å². The fraction of sp³-hybridized carbons (Fsp3) is 0.333. The first-order valence-electron chi connectivity index (χ1n) is 9.84. The summed E-state index contributed by atoms with van der Waals surface area (Å²) < 4.78 is 12.5. The molecule has 1 fully saturated rings. The van der Waals surface area contributed by atoms with E-state index < -0.39 is 5.97 Å². The molecule has 8 nitrogen and oxygen atoms in total. The molecule has 0 radical (unpaired) electrons. The Kier molecular flexibility index (Phi) is 7.00. The van der Waals surface area contributed by atoms with E-state index in [2.05, 4.69) is 20.3 Å². The maximum absolute atomic E-state index is 12.4. The number of carbonyl (C=O) groups excluding carboxylic acids is 2.